The van der Waals surface area contributed by atoms with Crippen LogP contribution in [0.1, 0.15) is 41.6 Å². The van der Waals surface area contributed by atoms with Crippen molar-refractivity contribution in [3.8, 4) is 0 Å². The number of aliphatic hydroxyl groups is 1. The van der Waals surface area contributed by atoms with Crippen molar-refractivity contribution in [2.75, 3.05) is 0 Å². The van der Waals surface area contributed by atoms with Gasteiger partial charge in [0.05, 0.1) is 0 Å². The molecule has 0 radical (unpaired) electrons. The molecule has 0 aliphatic heterocycles. The Labute approximate surface area is 128 Å². The first-order chi connectivity index (χ1) is 10.6. The summed E-state index contributed by atoms with van der Waals surface area (Å²) in [5.74, 6) is -0.998. The number of fused-ring (bicyclic) bond motifs is 1. The average Bonchev–Trinajstić information content (AvgIpc) is 2.78. The number of carbonyl (C=O) groups is 2. The number of azo groups is 1. The first kappa shape index (κ1) is 14.6. The smallest absolute Gasteiger partial charge is 0.295 e. The molecule has 1 saturated carbocycles. The summed E-state index contributed by atoms with van der Waals surface area (Å²) in [6.45, 7) is 1.93. The second kappa shape index (κ2) is 5.83. The maximum absolute atomic E-state index is 12.3. The van der Waals surface area contributed by atoms with Gasteiger partial charge in [0.1, 0.15) is 5.76 Å². The number of aliphatic hydroxyl groups excluding tert-OH is 1. The topological polar surface area (TPSA) is 79.1 Å². The maximum Gasteiger partial charge on any atom is 0.295 e. The second-order valence-electron chi connectivity index (χ2n) is 5.97. The molecule has 0 heterocycles. The van der Waals surface area contributed by atoms with Gasteiger partial charge >= 0.3 is 0 Å². The number of Topliss-reactive ketones (excluding diaryl/α,β-unsaturated/α-hetero) is 1. The lowest BCUT2D eigenvalue weighted by Crippen LogP contribution is -2.21. The zero-order valence-corrected chi connectivity index (χ0v) is 12.5. The summed E-state index contributed by atoms with van der Waals surface area (Å²) in [4.78, 5) is 24.2. The lowest BCUT2D eigenvalue weighted by Gasteiger charge is -2.23. The van der Waals surface area contributed by atoms with Crippen LogP contribution in [0.5, 0.6) is 0 Å². The molecular weight excluding hydrogens is 280 g/mol. The lowest BCUT2D eigenvalue weighted by atomic mass is 9.80. The van der Waals surface area contributed by atoms with Gasteiger partial charge in [-0.1, -0.05) is 30.5 Å². The van der Waals surface area contributed by atoms with E-state index in [9.17, 15) is 14.7 Å². The van der Waals surface area contributed by atoms with Crippen molar-refractivity contribution < 1.29 is 14.7 Å². The third-order valence-corrected chi connectivity index (χ3v) is 4.47. The van der Waals surface area contributed by atoms with E-state index in [-0.39, 0.29) is 29.1 Å². The number of hydrogen-bond acceptors (Lipinski definition) is 4. The molecule has 1 fully saturated rings. The molecule has 1 amide bonds. The Kier molecular flexibility index (Phi) is 3.88. The zero-order valence-electron chi connectivity index (χ0n) is 12.5. The Balaban J connectivity index is 1.79. The summed E-state index contributed by atoms with van der Waals surface area (Å²) in [7, 11) is 0. The van der Waals surface area contributed by atoms with E-state index in [0.29, 0.717) is 5.56 Å². The van der Waals surface area contributed by atoms with E-state index in [0.717, 1.165) is 31.2 Å². The van der Waals surface area contributed by atoms with E-state index in [1.165, 1.54) is 0 Å². The third-order valence-electron chi connectivity index (χ3n) is 4.47. The molecular formula is C17H18N2O3. The fraction of sp³-hybridized carbons (Fsp3) is 0.412. The largest absolute Gasteiger partial charge is 0.510 e. The predicted octanol–water partition coefficient (Wildman–Crippen LogP) is 3.75. The monoisotopic (exact) mass is 298 g/mol. The minimum Gasteiger partial charge on any atom is -0.510 e. The summed E-state index contributed by atoms with van der Waals surface area (Å²) in [6.07, 6.45) is 3.57. The fourth-order valence-corrected chi connectivity index (χ4v) is 3.20. The highest BCUT2D eigenvalue weighted by Gasteiger charge is 2.43. The van der Waals surface area contributed by atoms with Crippen LogP contribution in [0.4, 0.5) is 0 Å². The van der Waals surface area contributed by atoms with Crippen LogP contribution in [-0.2, 0) is 4.79 Å². The molecule has 0 bridgehead atoms. The molecule has 5 nitrogen and oxygen atoms in total. The molecule has 22 heavy (non-hydrogen) atoms. The van der Waals surface area contributed by atoms with E-state index >= 15 is 0 Å². The first-order valence-electron chi connectivity index (χ1n) is 7.58. The van der Waals surface area contributed by atoms with Crippen LogP contribution < -0.4 is 0 Å². The van der Waals surface area contributed by atoms with Gasteiger partial charge in [-0.05, 0) is 31.9 Å². The van der Waals surface area contributed by atoms with Gasteiger partial charge in [0, 0.05) is 17.4 Å². The highest BCUT2D eigenvalue weighted by Crippen LogP contribution is 2.42. The molecule has 1 aromatic rings. The van der Waals surface area contributed by atoms with Gasteiger partial charge in [0.15, 0.2) is 11.5 Å². The number of nitrogens with zero attached hydrogens (tertiary/aromatic N) is 2. The van der Waals surface area contributed by atoms with Crippen LogP contribution in [-0.4, -0.2) is 16.8 Å². The van der Waals surface area contributed by atoms with E-state index in [1.54, 1.807) is 12.1 Å². The number of hydrogen-bond donors (Lipinski definition) is 1. The highest BCUT2D eigenvalue weighted by atomic mass is 16.3. The summed E-state index contributed by atoms with van der Waals surface area (Å²) >= 11 is 0. The molecule has 3 rings (SSSR count). The van der Waals surface area contributed by atoms with Crippen LogP contribution in [0.3, 0.4) is 0 Å². The quantitative estimate of drug-likeness (QED) is 0.844. The minimum absolute atomic E-state index is 0.00940. The fourth-order valence-electron chi connectivity index (χ4n) is 3.20. The second-order valence-corrected chi connectivity index (χ2v) is 5.97. The van der Waals surface area contributed by atoms with Crippen LogP contribution in [0.2, 0.25) is 0 Å². The van der Waals surface area contributed by atoms with Crippen LogP contribution in [0.15, 0.2) is 46.0 Å². The normalized spacial score (nSPS) is 24.9. The van der Waals surface area contributed by atoms with Crippen LogP contribution >= 0.6 is 0 Å². The molecule has 2 atom stereocenters. The van der Waals surface area contributed by atoms with Gasteiger partial charge in [-0.3, -0.25) is 9.59 Å². The van der Waals surface area contributed by atoms with Gasteiger partial charge < -0.3 is 5.11 Å². The molecule has 2 aliphatic rings. The Morgan fingerprint density at radius 2 is 1.77 bits per heavy atom. The van der Waals surface area contributed by atoms with Crippen molar-refractivity contribution in [1.29, 1.82) is 0 Å². The van der Waals surface area contributed by atoms with Crippen LogP contribution in [0.25, 0.3) is 0 Å². The van der Waals surface area contributed by atoms with Crippen LogP contribution in [0, 0.1) is 18.8 Å². The van der Waals surface area contributed by atoms with Gasteiger partial charge in [0.2, 0.25) is 0 Å². The number of carbonyl (C=O) groups excluding carboxylic acids is 2. The average molecular weight is 298 g/mol. The van der Waals surface area contributed by atoms with Gasteiger partial charge in [-0.15, -0.1) is 10.2 Å². The molecule has 0 saturated heterocycles. The molecule has 5 heteroatoms. The van der Waals surface area contributed by atoms with Gasteiger partial charge in [-0.2, -0.15) is 0 Å². The van der Waals surface area contributed by atoms with Crippen molar-refractivity contribution in [1.82, 2.24) is 0 Å². The summed E-state index contributed by atoms with van der Waals surface area (Å²) in [6, 6.07) is 6.96. The van der Waals surface area contributed by atoms with Gasteiger partial charge in [-0.25, -0.2) is 0 Å². The maximum atomic E-state index is 12.3. The Hall–Kier alpha value is -2.30. The van der Waals surface area contributed by atoms with E-state index < -0.39 is 5.91 Å². The number of aryl methyl sites for hydroxylation is 1. The zero-order chi connectivity index (χ0) is 15.7. The van der Waals surface area contributed by atoms with Crippen molar-refractivity contribution in [2.24, 2.45) is 22.1 Å². The Bertz CT molecular complexity index is 674. The predicted molar refractivity (Wildman–Crippen MR) is 80.5 cm³/mol. The van der Waals surface area contributed by atoms with Crippen molar-refractivity contribution in [3.63, 3.8) is 0 Å². The summed E-state index contributed by atoms with van der Waals surface area (Å²) < 4.78 is 0. The number of allylic oxidation sites excluding steroid dienone is 2. The standard InChI is InChI=1S/C17H18N2O3/c1-10-6-8-11(9-7-10)17(22)19-18-14-15(20)12-4-2-3-5-13(12)16(14)21/h6-9,12-13,20H,2-5H2,1H3. The highest BCUT2D eigenvalue weighted by molar-refractivity contribution is 6.01. The molecule has 2 aliphatic carbocycles. The number of rotatable bonds is 2. The SMILES string of the molecule is Cc1ccc(C(=O)N=NC2=C(O)C3CCCCC3C2=O)cc1. The summed E-state index contributed by atoms with van der Waals surface area (Å²) in [5, 5.41) is 17.5. The third kappa shape index (κ3) is 2.58. The Morgan fingerprint density at radius 1 is 1.14 bits per heavy atom. The summed E-state index contributed by atoms with van der Waals surface area (Å²) in [5.41, 5.74) is 1.43. The number of ketones is 1. The Morgan fingerprint density at radius 3 is 2.41 bits per heavy atom. The number of benzene rings is 1. The molecule has 0 spiro atoms. The number of amides is 1. The molecule has 114 valence electrons. The molecule has 1 N–H and O–H groups in total. The lowest BCUT2D eigenvalue weighted by molar-refractivity contribution is -0.120. The van der Waals surface area contributed by atoms with E-state index in [4.69, 9.17) is 0 Å². The van der Waals surface area contributed by atoms with Crippen molar-refractivity contribution in [2.45, 2.75) is 32.6 Å². The molecule has 1 aromatic carbocycles. The minimum atomic E-state index is -0.511. The molecule has 0 aromatic heterocycles. The van der Waals surface area contributed by atoms with E-state index in [2.05, 4.69) is 10.2 Å². The van der Waals surface area contributed by atoms with E-state index in [1.807, 2.05) is 19.1 Å². The van der Waals surface area contributed by atoms with Crippen molar-refractivity contribution in [3.05, 3.63) is 46.8 Å². The first-order valence-corrected chi connectivity index (χ1v) is 7.58. The van der Waals surface area contributed by atoms with Crippen molar-refractivity contribution >= 4 is 11.7 Å². The van der Waals surface area contributed by atoms with Gasteiger partial charge in [0.25, 0.3) is 5.91 Å². The molecule has 2 unspecified atom stereocenters.